The molecule has 0 aliphatic rings. The largest absolute Gasteiger partial charge is 0.495 e. The first-order valence-corrected chi connectivity index (χ1v) is 5.30. The maximum absolute atomic E-state index is 11.9. The summed E-state index contributed by atoms with van der Waals surface area (Å²) in [7, 11) is 1.58. The molecule has 2 aromatic carbocycles. The van der Waals surface area contributed by atoms with Crippen molar-refractivity contribution in [3.8, 4) is 5.75 Å². The lowest BCUT2D eigenvalue weighted by molar-refractivity contribution is 0.102. The van der Waals surface area contributed by atoms with E-state index < -0.39 is 0 Å². The first-order valence-electron chi connectivity index (χ1n) is 5.30. The predicted molar refractivity (Wildman–Crippen MR) is 67.4 cm³/mol. The van der Waals surface area contributed by atoms with E-state index in [1.807, 2.05) is 30.3 Å². The molecule has 0 saturated carbocycles. The Hall–Kier alpha value is -2.29. The fourth-order valence-electron chi connectivity index (χ4n) is 1.53. The van der Waals surface area contributed by atoms with Crippen LogP contribution in [0.15, 0.2) is 54.6 Å². The standard InChI is InChI=1S/C14H13NO2/c1-17-13-10-6-5-9-12(13)15-14(16)11-7-3-2-4-8-11/h2-10H,1H3,(H,15,16). The van der Waals surface area contributed by atoms with Crippen molar-refractivity contribution in [2.45, 2.75) is 0 Å². The smallest absolute Gasteiger partial charge is 0.255 e. The zero-order valence-electron chi connectivity index (χ0n) is 9.51. The van der Waals surface area contributed by atoms with Crippen LogP contribution in [0.2, 0.25) is 0 Å². The van der Waals surface area contributed by atoms with Gasteiger partial charge in [-0.2, -0.15) is 0 Å². The lowest BCUT2D eigenvalue weighted by Crippen LogP contribution is -2.12. The summed E-state index contributed by atoms with van der Waals surface area (Å²) in [6.07, 6.45) is 0. The number of hydrogen-bond acceptors (Lipinski definition) is 2. The molecule has 1 N–H and O–H groups in total. The highest BCUT2D eigenvalue weighted by atomic mass is 16.5. The number of ether oxygens (including phenoxy) is 1. The summed E-state index contributed by atoms with van der Waals surface area (Å²) < 4.78 is 5.17. The summed E-state index contributed by atoms with van der Waals surface area (Å²) in [5.41, 5.74) is 1.29. The van der Waals surface area contributed by atoms with Gasteiger partial charge in [0.05, 0.1) is 12.8 Å². The molecule has 0 fully saturated rings. The van der Waals surface area contributed by atoms with Crippen molar-refractivity contribution in [2.75, 3.05) is 12.4 Å². The van der Waals surface area contributed by atoms with E-state index in [1.165, 1.54) is 0 Å². The van der Waals surface area contributed by atoms with Gasteiger partial charge < -0.3 is 10.1 Å². The van der Waals surface area contributed by atoms with Gasteiger partial charge >= 0.3 is 0 Å². The van der Waals surface area contributed by atoms with E-state index in [2.05, 4.69) is 5.32 Å². The first kappa shape index (κ1) is 11.2. The number of hydrogen-bond donors (Lipinski definition) is 1. The van der Waals surface area contributed by atoms with Crippen molar-refractivity contribution >= 4 is 11.6 Å². The van der Waals surface area contributed by atoms with Gasteiger partial charge in [0, 0.05) is 5.56 Å². The molecule has 0 bridgehead atoms. The van der Waals surface area contributed by atoms with Crippen LogP contribution in [-0.2, 0) is 0 Å². The molecule has 1 amide bonds. The van der Waals surface area contributed by atoms with Gasteiger partial charge in [-0.25, -0.2) is 0 Å². The Morgan fingerprint density at radius 2 is 1.65 bits per heavy atom. The molecule has 0 aliphatic carbocycles. The van der Waals surface area contributed by atoms with Crippen molar-refractivity contribution in [2.24, 2.45) is 0 Å². The highest BCUT2D eigenvalue weighted by Gasteiger charge is 2.07. The lowest BCUT2D eigenvalue weighted by Gasteiger charge is -2.09. The van der Waals surface area contributed by atoms with Gasteiger partial charge in [-0.15, -0.1) is 0 Å². The summed E-state index contributed by atoms with van der Waals surface area (Å²) in [6.45, 7) is 0. The second kappa shape index (κ2) is 5.16. The lowest BCUT2D eigenvalue weighted by atomic mass is 10.2. The van der Waals surface area contributed by atoms with E-state index in [0.29, 0.717) is 17.0 Å². The average molecular weight is 227 g/mol. The molecule has 86 valence electrons. The second-order valence-corrected chi connectivity index (χ2v) is 3.52. The quantitative estimate of drug-likeness (QED) is 0.875. The van der Waals surface area contributed by atoms with Gasteiger partial charge in [-0.05, 0) is 24.3 Å². The van der Waals surface area contributed by atoms with E-state index in [9.17, 15) is 4.79 Å². The number of carbonyl (C=O) groups is 1. The Labute approximate surface area is 100 Å². The van der Waals surface area contributed by atoms with Crippen molar-refractivity contribution in [3.05, 3.63) is 60.2 Å². The SMILES string of the molecule is COc1ccccc1NC(=O)c1ccccc1. The Balaban J connectivity index is 2.19. The molecule has 0 aromatic heterocycles. The second-order valence-electron chi connectivity index (χ2n) is 3.52. The van der Waals surface area contributed by atoms with Crippen LogP contribution in [-0.4, -0.2) is 13.0 Å². The molecule has 3 nitrogen and oxygen atoms in total. The normalized spacial score (nSPS) is 9.71. The fourth-order valence-corrected chi connectivity index (χ4v) is 1.53. The Morgan fingerprint density at radius 3 is 2.35 bits per heavy atom. The summed E-state index contributed by atoms with van der Waals surface area (Å²) >= 11 is 0. The van der Waals surface area contributed by atoms with Crippen LogP contribution in [0.3, 0.4) is 0 Å². The summed E-state index contributed by atoms with van der Waals surface area (Å²) in [6, 6.07) is 16.4. The van der Waals surface area contributed by atoms with E-state index in [-0.39, 0.29) is 5.91 Å². The number of para-hydroxylation sites is 2. The molecular formula is C14H13NO2. The first-order chi connectivity index (χ1) is 8.31. The van der Waals surface area contributed by atoms with Gasteiger partial charge in [0.2, 0.25) is 0 Å². The molecular weight excluding hydrogens is 214 g/mol. The minimum atomic E-state index is -0.143. The molecule has 3 heteroatoms. The Kier molecular flexibility index (Phi) is 3.40. The third-order valence-electron chi connectivity index (χ3n) is 2.39. The number of methoxy groups -OCH3 is 1. The van der Waals surface area contributed by atoms with E-state index in [1.54, 1.807) is 31.4 Å². The van der Waals surface area contributed by atoms with Crippen LogP contribution in [0.1, 0.15) is 10.4 Å². The van der Waals surface area contributed by atoms with Gasteiger partial charge in [0.1, 0.15) is 5.75 Å². The Morgan fingerprint density at radius 1 is 1.00 bits per heavy atom. The third-order valence-corrected chi connectivity index (χ3v) is 2.39. The molecule has 0 aliphatic heterocycles. The number of nitrogens with one attached hydrogen (secondary N) is 1. The Bertz CT molecular complexity index is 509. The van der Waals surface area contributed by atoms with Crippen LogP contribution in [0.25, 0.3) is 0 Å². The van der Waals surface area contributed by atoms with Crippen LogP contribution in [0.4, 0.5) is 5.69 Å². The number of benzene rings is 2. The van der Waals surface area contributed by atoms with Gasteiger partial charge in [0.15, 0.2) is 0 Å². The van der Waals surface area contributed by atoms with Crippen molar-refractivity contribution in [3.63, 3.8) is 0 Å². The summed E-state index contributed by atoms with van der Waals surface area (Å²) in [5, 5.41) is 2.81. The molecule has 2 aromatic rings. The number of anilines is 1. The summed E-state index contributed by atoms with van der Waals surface area (Å²) in [4.78, 5) is 11.9. The monoisotopic (exact) mass is 227 g/mol. The number of rotatable bonds is 3. The van der Waals surface area contributed by atoms with Gasteiger partial charge in [0.25, 0.3) is 5.91 Å². The molecule has 0 radical (unpaired) electrons. The molecule has 0 heterocycles. The molecule has 0 atom stereocenters. The van der Waals surface area contributed by atoms with Crippen LogP contribution in [0.5, 0.6) is 5.75 Å². The molecule has 17 heavy (non-hydrogen) atoms. The highest BCUT2D eigenvalue weighted by molar-refractivity contribution is 6.04. The van der Waals surface area contributed by atoms with Gasteiger partial charge in [-0.3, -0.25) is 4.79 Å². The average Bonchev–Trinajstić information content (AvgIpc) is 2.40. The van der Waals surface area contributed by atoms with Crippen molar-refractivity contribution in [1.82, 2.24) is 0 Å². The third kappa shape index (κ3) is 2.64. The fraction of sp³-hybridized carbons (Fsp3) is 0.0714. The number of amides is 1. The topological polar surface area (TPSA) is 38.3 Å². The van der Waals surface area contributed by atoms with E-state index in [4.69, 9.17) is 4.74 Å². The van der Waals surface area contributed by atoms with E-state index in [0.717, 1.165) is 0 Å². The van der Waals surface area contributed by atoms with Crippen LogP contribution in [0, 0.1) is 0 Å². The molecule has 0 spiro atoms. The zero-order chi connectivity index (χ0) is 12.1. The highest BCUT2D eigenvalue weighted by Crippen LogP contribution is 2.23. The molecule has 2 rings (SSSR count). The predicted octanol–water partition coefficient (Wildman–Crippen LogP) is 2.95. The summed E-state index contributed by atoms with van der Waals surface area (Å²) in [5.74, 6) is 0.506. The van der Waals surface area contributed by atoms with Crippen molar-refractivity contribution < 1.29 is 9.53 Å². The number of carbonyl (C=O) groups excluding carboxylic acids is 1. The maximum atomic E-state index is 11.9. The van der Waals surface area contributed by atoms with E-state index >= 15 is 0 Å². The minimum absolute atomic E-state index is 0.143. The molecule has 0 saturated heterocycles. The zero-order valence-corrected chi connectivity index (χ0v) is 9.51. The van der Waals surface area contributed by atoms with Gasteiger partial charge in [-0.1, -0.05) is 30.3 Å². The maximum Gasteiger partial charge on any atom is 0.255 e. The van der Waals surface area contributed by atoms with Crippen LogP contribution < -0.4 is 10.1 Å². The van der Waals surface area contributed by atoms with Crippen molar-refractivity contribution in [1.29, 1.82) is 0 Å². The van der Waals surface area contributed by atoms with Crippen LogP contribution >= 0.6 is 0 Å². The molecule has 0 unspecified atom stereocenters. The minimum Gasteiger partial charge on any atom is -0.495 e.